The summed E-state index contributed by atoms with van der Waals surface area (Å²) in [6.45, 7) is 0. The minimum absolute atomic E-state index is 0.0217. The normalized spacial score (nSPS) is 9.83. The molecule has 1 aromatic heterocycles. The van der Waals surface area contributed by atoms with E-state index in [1.165, 1.54) is 24.4 Å². The molecule has 4 nitrogen and oxygen atoms in total. The topological polar surface area (TPSA) is 74.7 Å². The predicted molar refractivity (Wildman–Crippen MR) is 70.7 cm³/mol. The van der Waals surface area contributed by atoms with E-state index in [2.05, 4.69) is 26.2 Å². The number of nitrogen functional groups attached to an aromatic ring is 1. The molecule has 0 aliphatic heterocycles. The van der Waals surface area contributed by atoms with Crippen molar-refractivity contribution in [2.75, 3.05) is 11.1 Å². The van der Waals surface area contributed by atoms with Crippen molar-refractivity contribution in [3.8, 4) is 6.07 Å². The quantitative estimate of drug-likeness (QED) is 0.893. The Morgan fingerprint density at radius 3 is 2.83 bits per heavy atom. The van der Waals surface area contributed by atoms with Gasteiger partial charge >= 0.3 is 0 Å². The zero-order chi connectivity index (χ0) is 13.1. The number of nitrogens with one attached hydrogen (secondary N) is 1. The first kappa shape index (κ1) is 12.3. The molecule has 2 rings (SSSR count). The molecule has 0 atom stereocenters. The number of halogens is 2. The molecule has 0 aliphatic carbocycles. The van der Waals surface area contributed by atoms with Gasteiger partial charge in [0.1, 0.15) is 17.7 Å². The largest absolute Gasteiger partial charge is 0.397 e. The SMILES string of the molecule is N#Cc1cc(Nc2ncc(N)cc2Br)ccc1F. The summed E-state index contributed by atoms with van der Waals surface area (Å²) in [7, 11) is 0. The molecule has 0 spiro atoms. The fourth-order valence-corrected chi connectivity index (χ4v) is 1.84. The van der Waals surface area contributed by atoms with Crippen molar-refractivity contribution >= 4 is 33.1 Å². The molecule has 0 bridgehead atoms. The van der Waals surface area contributed by atoms with Gasteiger partial charge in [0.2, 0.25) is 0 Å². The molecule has 1 heterocycles. The number of nitriles is 1. The Morgan fingerprint density at radius 1 is 1.39 bits per heavy atom. The van der Waals surface area contributed by atoms with Crippen LogP contribution in [-0.2, 0) is 0 Å². The van der Waals surface area contributed by atoms with Crippen LogP contribution in [0.3, 0.4) is 0 Å². The van der Waals surface area contributed by atoms with Crippen molar-refractivity contribution in [3.63, 3.8) is 0 Å². The highest BCUT2D eigenvalue weighted by atomic mass is 79.9. The molecule has 6 heteroatoms. The number of nitrogens with two attached hydrogens (primary N) is 1. The van der Waals surface area contributed by atoms with E-state index in [1.807, 2.05) is 0 Å². The van der Waals surface area contributed by atoms with E-state index < -0.39 is 5.82 Å². The molecule has 18 heavy (non-hydrogen) atoms. The lowest BCUT2D eigenvalue weighted by Gasteiger charge is -2.08. The number of hydrogen-bond donors (Lipinski definition) is 2. The van der Waals surface area contributed by atoms with Crippen molar-refractivity contribution in [1.82, 2.24) is 4.98 Å². The van der Waals surface area contributed by atoms with Crippen molar-refractivity contribution in [1.29, 1.82) is 5.26 Å². The molecule has 1 aromatic carbocycles. The van der Waals surface area contributed by atoms with E-state index >= 15 is 0 Å². The third-order valence-corrected chi connectivity index (χ3v) is 2.82. The van der Waals surface area contributed by atoms with Gasteiger partial charge in [0.05, 0.1) is 21.9 Å². The second-order valence-corrected chi connectivity index (χ2v) is 4.38. The summed E-state index contributed by atoms with van der Waals surface area (Å²) < 4.78 is 13.8. The first-order valence-corrected chi connectivity index (χ1v) is 5.77. The van der Waals surface area contributed by atoms with Gasteiger partial charge in [-0.15, -0.1) is 0 Å². The van der Waals surface area contributed by atoms with Crippen LogP contribution in [0.2, 0.25) is 0 Å². The van der Waals surface area contributed by atoms with Crippen LogP contribution < -0.4 is 11.1 Å². The van der Waals surface area contributed by atoms with Gasteiger partial charge in [-0.1, -0.05) is 0 Å². The Bertz CT molecular complexity index is 636. The second-order valence-electron chi connectivity index (χ2n) is 3.53. The molecular weight excluding hydrogens is 299 g/mol. The Morgan fingerprint density at radius 2 is 2.17 bits per heavy atom. The number of rotatable bonds is 2. The van der Waals surface area contributed by atoms with E-state index in [1.54, 1.807) is 12.1 Å². The molecule has 90 valence electrons. The average molecular weight is 307 g/mol. The molecule has 0 saturated heterocycles. The van der Waals surface area contributed by atoms with Crippen LogP contribution in [0.4, 0.5) is 21.6 Å². The smallest absolute Gasteiger partial charge is 0.144 e. The van der Waals surface area contributed by atoms with Crippen molar-refractivity contribution in [2.24, 2.45) is 0 Å². The molecule has 0 radical (unpaired) electrons. The summed E-state index contributed by atoms with van der Waals surface area (Å²) in [6, 6.07) is 7.65. The van der Waals surface area contributed by atoms with Crippen molar-refractivity contribution < 1.29 is 4.39 Å². The third-order valence-electron chi connectivity index (χ3n) is 2.21. The number of hydrogen-bond acceptors (Lipinski definition) is 4. The molecule has 0 unspecified atom stereocenters. The van der Waals surface area contributed by atoms with Crippen LogP contribution >= 0.6 is 15.9 Å². The predicted octanol–water partition coefficient (Wildman–Crippen LogP) is 3.18. The average Bonchev–Trinajstić information content (AvgIpc) is 2.35. The second kappa shape index (κ2) is 5.02. The monoisotopic (exact) mass is 306 g/mol. The summed E-state index contributed by atoms with van der Waals surface area (Å²) in [5, 5.41) is 11.7. The lowest BCUT2D eigenvalue weighted by Crippen LogP contribution is -1.97. The van der Waals surface area contributed by atoms with Gasteiger partial charge in [0.25, 0.3) is 0 Å². The molecule has 0 aliphatic rings. The maximum absolute atomic E-state index is 13.1. The van der Waals surface area contributed by atoms with Gasteiger partial charge < -0.3 is 11.1 Å². The maximum atomic E-state index is 13.1. The summed E-state index contributed by atoms with van der Waals surface area (Å²) in [5.74, 6) is -0.00733. The fourth-order valence-electron chi connectivity index (χ4n) is 1.37. The van der Waals surface area contributed by atoms with Gasteiger partial charge in [0, 0.05) is 5.69 Å². The number of nitrogens with zero attached hydrogens (tertiary/aromatic N) is 2. The van der Waals surface area contributed by atoms with Crippen LogP contribution in [0, 0.1) is 17.1 Å². The summed E-state index contributed by atoms with van der Waals surface area (Å²) >= 11 is 3.31. The first-order valence-electron chi connectivity index (χ1n) is 4.98. The van der Waals surface area contributed by atoms with E-state index in [4.69, 9.17) is 11.0 Å². The van der Waals surface area contributed by atoms with Gasteiger partial charge in [-0.3, -0.25) is 0 Å². The number of benzene rings is 1. The Balaban J connectivity index is 2.32. The summed E-state index contributed by atoms with van der Waals surface area (Å²) in [4.78, 5) is 4.09. The van der Waals surface area contributed by atoms with Crippen LogP contribution in [0.5, 0.6) is 0 Å². The van der Waals surface area contributed by atoms with Gasteiger partial charge in [-0.25, -0.2) is 9.37 Å². The minimum Gasteiger partial charge on any atom is -0.397 e. The minimum atomic E-state index is -0.549. The molecule has 0 amide bonds. The highest BCUT2D eigenvalue weighted by Gasteiger charge is 2.06. The zero-order valence-electron chi connectivity index (χ0n) is 9.11. The van der Waals surface area contributed by atoms with Crippen molar-refractivity contribution in [3.05, 3.63) is 46.3 Å². The van der Waals surface area contributed by atoms with Gasteiger partial charge in [-0.05, 0) is 40.2 Å². The van der Waals surface area contributed by atoms with Gasteiger partial charge in [0.15, 0.2) is 0 Å². The van der Waals surface area contributed by atoms with Crippen LogP contribution in [0.15, 0.2) is 34.9 Å². The molecule has 0 saturated carbocycles. The molecule has 0 fully saturated rings. The Kier molecular flexibility index (Phi) is 3.44. The zero-order valence-corrected chi connectivity index (χ0v) is 10.7. The third kappa shape index (κ3) is 2.57. The summed E-state index contributed by atoms with van der Waals surface area (Å²) in [5.41, 5.74) is 6.66. The van der Waals surface area contributed by atoms with E-state index in [-0.39, 0.29) is 5.56 Å². The van der Waals surface area contributed by atoms with Crippen molar-refractivity contribution in [2.45, 2.75) is 0 Å². The number of anilines is 3. The number of pyridine rings is 1. The van der Waals surface area contributed by atoms with E-state index in [0.717, 1.165) is 0 Å². The van der Waals surface area contributed by atoms with Gasteiger partial charge in [-0.2, -0.15) is 5.26 Å². The highest BCUT2D eigenvalue weighted by Crippen LogP contribution is 2.25. The van der Waals surface area contributed by atoms with Crippen LogP contribution in [-0.4, -0.2) is 4.98 Å². The Hall–Kier alpha value is -2.13. The lowest BCUT2D eigenvalue weighted by atomic mass is 10.2. The molecule has 2 aromatic rings. The maximum Gasteiger partial charge on any atom is 0.144 e. The first-order chi connectivity index (χ1) is 8.60. The molecule has 3 N–H and O–H groups in total. The standard InChI is InChI=1S/C12H8BrFN4/c13-10-4-8(16)6-17-12(10)18-9-1-2-11(14)7(3-9)5-15/h1-4,6H,16H2,(H,17,18). The Labute approximate surface area is 111 Å². The van der Waals surface area contributed by atoms with E-state index in [0.29, 0.717) is 21.7 Å². The van der Waals surface area contributed by atoms with Crippen LogP contribution in [0.25, 0.3) is 0 Å². The highest BCUT2D eigenvalue weighted by molar-refractivity contribution is 9.10. The van der Waals surface area contributed by atoms with E-state index in [9.17, 15) is 4.39 Å². The van der Waals surface area contributed by atoms with Crippen LogP contribution in [0.1, 0.15) is 5.56 Å². The summed E-state index contributed by atoms with van der Waals surface area (Å²) in [6.07, 6.45) is 1.50. The molecular formula is C12H8BrFN4. The fraction of sp³-hybridized carbons (Fsp3) is 0. The number of aromatic nitrogens is 1. The lowest BCUT2D eigenvalue weighted by molar-refractivity contribution is 0.624.